The number of aliphatic hydroxyl groups is 1. The van der Waals surface area contributed by atoms with E-state index in [2.05, 4.69) is 16.0 Å². The molecule has 2 aliphatic heterocycles. The lowest BCUT2D eigenvalue weighted by Gasteiger charge is -2.32. The Morgan fingerprint density at radius 1 is 1.27 bits per heavy atom. The molecule has 1 saturated heterocycles. The molecule has 2 heterocycles. The summed E-state index contributed by atoms with van der Waals surface area (Å²) in [5.41, 5.74) is 3.05. The first kappa shape index (κ1) is 23.4. The van der Waals surface area contributed by atoms with Crippen molar-refractivity contribution in [3.63, 3.8) is 0 Å². The average Bonchev–Trinajstić information content (AvgIpc) is 3.11. The first-order valence-electron chi connectivity index (χ1n) is 10.7. The number of piperidine rings is 1. The van der Waals surface area contributed by atoms with Crippen LogP contribution >= 0.6 is 23.4 Å². The number of urea groups is 1. The van der Waals surface area contributed by atoms with E-state index in [0.717, 1.165) is 16.0 Å². The lowest BCUT2D eigenvalue weighted by molar-refractivity contribution is -0.132. The van der Waals surface area contributed by atoms with Crippen molar-refractivity contribution in [2.45, 2.75) is 43.5 Å². The van der Waals surface area contributed by atoms with E-state index in [4.69, 9.17) is 11.6 Å². The largest absolute Gasteiger partial charge is 0.374 e. The Kier molecular flexibility index (Phi) is 7.11. The van der Waals surface area contributed by atoms with Gasteiger partial charge in [-0.15, -0.1) is 11.8 Å². The summed E-state index contributed by atoms with van der Waals surface area (Å²) in [7, 11) is 0. The van der Waals surface area contributed by atoms with Crippen molar-refractivity contribution in [1.82, 2.24) is 15.5 Å². The molecule has 0 spiro atoms. The SMILES string of the molecule is Cc1ccc(NC(=O)NCCSc2cccc3c2CN(C2CCC(O)NC2=O)C3=O)cc1Cl. The fraction of sp³-hybridized carbons (Fsp3) is 0.348. The van der Waals surface area contributed by atoms with Gasteiger partial charge in [0.2, 0.25) is 5.91 Å². The van der Waals surface area contributed by atoms with Crippen LogP contribution in [0, 0.1) is 6.92 Å². The Labute approximate surface area is 201 Å². The van der Waals surface area contributed by atoms with E-state index >= 15 is 0 Å². The molecule has 4 amide bonds. The molecule has 174 valence electrons. The molecule has 4 rings (SSSR count). The smallest absolute Gasteiger partial charge is 0.319 e. The average molecular weight is 489 g/mol. The zero-order valence-electron chi connectivity index (χ0n) is 18.1. The molecule has 0 saturated carbocycles. The predicted octanol–water partition coefficient (Wildman–Crippen LogP) is 3.12. The van der Waals surface area contributed by atoms with Crippen molar-refractivity contribution >= 4 is 46.9 Å². The molecule has 0 radical (unpaired) electrons. The topological polar surface area (TPSA) is 111 Å². The zero-order chi connectivity index (χ0) is 23.5. The minimum Gasteiger partial charge on any atom is -0.374 e. The molecule has 2 aliphatic rings. The molecule has 33 heavy (non-hydrogen) atoms. The van der Waals surface area contributed by atoms with Crippen molar-refractivity contribution < 1.29 is 19.5 Å². The number of rotatable bonds is 6. The van der Waals surface area contributed by atoms with E-state index in [1.807, 2.05) is 25.1 Å². The lowest BCUT2D eigenvalue weighted by Crippen LogP contribution is -2.54. The summed E-state index contributed by atoms with van der Waals surface area (Å²) in [5.74, 6) is 0.121. The van der Waals surface area contributed by atoms with Crippen molar-refractivity contribution in [1.29, 1.82) is 0 Å². The standard InChI is InChI=1S/C23H25ClN4O4S/c1-13-5-6-14(11-17(13)24)26-23(32)25-9-10-33-19-4-2-3-15-16(19)12-28(22(15)31)18-7-8-20(29)27-21(18)30/h2-6,11,18,20,29H,7-10,12H2,1H3,(H,27,30)(H2,25,26,32). The van der Waals surface area contributed by atoms with Gasteiger partial charge < -0.3 is 26.0 Å². The highest BCUT2D eigenvalue weighted by Crippen LogP contribution is 2.34. The monoisotopic (exact) mass is 488 g/mol. The summed E-state index contributed by atoms with van der Waals surface area (Å²) < 4.78 is 0. The number of halogens is 1. The summed E-state index contributed by atoms with van der Waals surface area (Å²) in [4.78, 5) is 39.9. The van der Waals surface area contributed by atoms with Gasteiger partial charge in [-0.3, -0.25) is 9.59 Å². The number of aryl methyl sites for hydroxylation is 1. The van der Waals surface area contributed by atoms with Gasteiger partial charge in [-0.25, -0.2) is 4.79 Å². The van der Waals surface area contributed by atoms with E-state index in [1.165, 1.54) is 0 Å². The molecule has 2 aromatic carbocycles. The Balaban J connectivity index is 1.31. The number of benzene rings is 2. The number of nitrogens with one attached hydrogen (secondary N) is 3. The van der Waals surface area contributed by atoms with Crippen LogP contribution in [0.3, 0.4) is 0 Å². The Hall–Kier alpha value is -2.75. The minimum absolute atomic E-state index is 0.168. The maximum atomic E-state index is 12.9. The first-order chi connectivity index (χ1) is 15.8. The van der Waals surface area contributed by atoms with Crippen molar-refractivity contribution in [3.05, 3.63) is 58.1 Å². The van der Waals surface area contributed by atoms with Crippen LogP contribution in [0.15, 0.2) is 41.3 Å². The first-order valence-corrected chi connectivity index (χ1v) is 12.0. The maximum Gasteiger partial charge on any atom is 0.319 e. The quantitative estimate of drug-likeness (QED) is 0.369. The van der Waals surface area contributed by atoms with Crippen molar-refractivity contribution in [2.24, 2.45) is 0 Å². The van der Waals surface area contributed by atoms with Gasteiger partial charge in [0.15, 0.2) is 0 Å². The number of hydrogen-bond acceptors (Lipinski definition) is 5. The van der Waals surface area contributed by atoms with Crippen molar-refractivity contribution in [3.8, 4) is 0 Å². The minimum atomic E-state index is -0.854. The molecule has 8 nitrogen and oxygen atoms in total. The summed E-state index contributed by atoms with van der Waals surface area (Å²) >= 11 is 7.63. The zero-order valence-corrected chi connectivity index (χ0v) is 19.6. The van der Waals surface area contributed by atoms with Crippen LogP contribution in [0.25, 0.3) is 0 Å². The summed E-state index contributed by atoms with van der Waals surface area (Å²) in [6.07, 6.45) is -0.00573. The van der Waals surface area contributed by atoms with Crippen LogP contribution in [-0.4, -0.2) is 52.4 Å². The van der Waals surface area contributed by atoms with Crippen LogP contribution in [0.2, 0.25) is 5.02 Å². The molecule has 0 aliphatic carbocycles. The van der Waals surface area contributed by atoms with E-state index in [9.17, 15) is 19.5 Å². The molecule has 2 unspecified atom stereocenters. The second-order valence-corrected chi connectivity index (χ2v) is 9.57. The molecule has 2 aromatic rings. The maximum absolute atomic E-state index is 12.9. The summed E-state index contributed by atoms with van der Waals surface area (Å²) in [6.45, 7) is 2.68. The third-order valence-corrected chi connectivity index (χ3v) is 7.24. The van der Waals surface area contributed by atoms with Gasteiger partial charge in [-0.2, -0.15) is 0 Å². The van der Waals surface area contributed by atoms with E-state index in [0.29, 0.717) is 48.0 Å². The van der Waals surface area contributed by atoms with E-state index in [-0.39, 0.29) is 17.8 Å². The number of amides is 4. The number of anilines is 1. The van der Waals surface area contributed by atoms with Gasteiger partial charge in [-0.05, 0) is 55.2 Å². The fourth-order valence-electron chi connectivity index (χ4n) is 3.96. The molecular weight excluding hydrogens is 464 g/mol. The fourth-order valence-corrected chi connectivity index (χ4v) is 5.09. The normalized spacial score (nSPS) is 19.8. The second kappa shape index (κ2) is 10.0. The number of carbonyl (C=O) groups is 3. The molecule has 10 heteroatoms. The van der Waals surface area contributed by atoms with Crippen LogP contribution in [-0.2, 0) is 11.3 Å². The van der Waals surface area contributed by atoms with E-state index in [1.54, 1.807) is 34.9 Å². The Bertz CT molecular complexity index is 1100. The van der Waals surface area contributed by atoms with Gasteiger partial charge in [0.05, 0.1) is 0 Å². The molecule has 1 fully saturated rings. The van der Waals surface area contributed by atoms with Gasteiger partial charge >= 0.3 is 6.03 Å². The van der Waals surface area contributed by atoms with Gasteiger partial charge in [-0.1, -0.05) is 23.7 Å². The van der Waals surface area contributed by atoms with Crippen LogP contribution in [0.4, 0.5) is 10.5 Å². The second-order valence-electron chi connectivity index (χ2n) is 8.03. The molecule has 4 N–H and O–H groups in total. The number of aliphatic hydroxyl groups excluding tert-OH is 1. The molecule has 0 bridgehead atoms. The third-order valence-electron chi connectivity index (χ3n) is 5.73. The highest BCUT2D eigenvalue weighted by Gasteiger charge is 2.39. The molecule has 0 aromatic heterocycles. The van der Waals surface area contributed by atoms with Crippen LogP contribution in [0.1, 0.15) is 34.3 Å². The van der Waals surface area contributed by atoms with Gasteiger partial charge in [0, 0.05) is 40.0 Å². The van der Waals surface area contributed by atoms with Gasteiger partial charge in [0.1, 0.15) is 12.3 Å². The van der Waals surface area contributed by atoms with Gasteiger partial charge in [0.25, 0.3) is 5.91 Å². The van der Waals surface area contributed by atoms with E-state index < -0.39 is 12.3 Å². The predicted molar refractivity (Wildman–Crippen MR) is 127 cm³/mol. The van der Waals surface area contributed by atoms with Crippen molar-refractivity contribution in [2.75, 3.05) is 17.6 Å². The highest BCUT2D eigenvalue weighted by molar-refractivity contribution is 7.99. The summed E-state index contributed by atoms with van der Waals surface area (Å²) in [5, 5.41) is 18.3. The highest BCUT2D eigenvalue weighted by atomic mass is 35.5. The summed E-state index contributed by atoms with van der Waals surface area (Å²) in [6, 6.07) is 9.98. The molecular formula is C23H25ClN4O4S. The lowest BCUT2D eigenvalue weighted by atomic mass is 10.0. The number of thioether (sulfide) groups is 1. The Morgan fingerprint density at radius 2 is 2.09 bits per heavy atom. The number of nitrogens with zero attached hydrogens (tertiary/aromatic N) is 1. The third kappa shape index (κ3) is 5.26. The Morgan fingerprint density at radius 3 is 2.85 bits per heavy atom. The number of carbonyl (C=O) groups excluding carboxylic acids is 3. The number of fused-ring (bicyclic) bond motifs is 1. The van der Waals surface area contributed by atoms with Crippen LogP contribution in [0.5, 0.6) is 0 Å². The molecule has 2 atom stereocenters. The number of hydrogen-bond donors (Lipinski definition) is 4. The van der Waals surface area contributed by atoms with Crippen LogP contribution < -0.4 is 16.0 Å².